The van der Waals surface area contributed by atoms with E-state index in [1.807, 2.05) is 19.1 Å². The molecule has 1 aliphatic heterocycles. The first-order chi connectivity index (χ1) is 9.08. The summed E-state index contributed by atoms with van der Waals surface area (Å²) in [5.74, 6) is -1.17. The molecule has 1 aromatic rings. The molecular weight excluding hydrogens is 240 g/mol. The molecule has 0 aromatic heterocycles. The van der Waals surface area contributed by atoms with Crippen molar-refractivity contribution >= 4 is 17.3 Å². The first-order valence-electron chi connectivity index (χ1n) is 6.92. The lowest BCUT2D eigenvalue weighted by molar-refractivity contribution is -0.141. The molecule has 2 rings (SSSR count). The third-order valence-corrected chi connectivity index (χ3v) is 3.87. The number of nitrogens with one attached hydrogen (secondary N) is 1. The molecule has 0 radical (unpaired) electrons. The molecule has 4 nitrogen and oxygen atoms in total. The number of hydrogen-bond donors (Lipinski definition) is 2. The molecule has 0 bridgehead atoms. The topological polar surface area (TPSA) is 52.6 Å². The van der Waals surface area contributed by atoms with E-state index in [0.29, 0.717) is 0 Å². The van der Waals surface area contributed by atoms with Gasteiger partial charge in [-0.05, 0) is 51.0 Å². The smallest absolute Gasteiger partial charge is 0.308 e. The lowest BCUT2D eigenvalue weighted by atomic mass is 10.0. The zero-order valence-electron chi connectivity index (χ0n) is 11.6. The van der Waals surface area contributed by atoms with Gasteiger partial charge in [-0.2, -0.15) is 0 Å². The summed E-state index contributed by atoms with van der Waals surface area (Å²) >= 11 is 0. The summed E-state index contributed by atoms with van der Waals surface area (Å²) in [6.07, 6.45) is 2.54. The highest BCUT2D eigenvalue weighted by atomic mass is 16.4. The van der Waals surface area contributed by atoms with Crippen LogP contribution in [0.4, 0.5) is 11.4 Å². The Balaban J connectivity index is 1.96. The Morgan fingerprint density at radius 2 is 1.79 bits per heavy atom. The summed E-state index contributed by atoms with van der Waals surface area (Å²) in [4.78, 5) is 13.3. The highest BCUT2D eigenvalue weighted by Crippen LogP contribution is 2.22. The number of anilines is 2. The fourth-order valence-corrected chi connectivity index (χ4v) is 2.35. The van der Waals surface area contributed by atoms with Gasteiger partial charge in [0.1, 0.15) is 0 Å². The molecule has 4 heteroatoms. The maximum absolute atomic E-state index is 10.9. The summed E-state index contributed by atoms with van der Waals surface area (Å²) < 4.78 is 0. The Morgan fingerprint density at radius 1 is 1.21 bits per heavy atom. The van der Waals surface area contributed by atoms with Gasteiger partial charge < -0.3 is 15.3 Å². The number of carboxylic acid groups (broad SMARTS) is 1. The predicted octanol–water partition coefficient (Wildman–Crippen LogP) is 2.81. The normalized spacial score (nSPS) is 18.1. The van der Waals surface area contributed by atoms with E-state index in [-0.39, 0.29) is 6.04 Å². The molecule has 2 unspecified atom stereocenters. The zero-order chi connectivity index (χ0) is 13.8. The molecule has 104 valence electrons. The summed E-state index contributed by atoms with van der Waals surface area (Å²) in [7, 11) is 0. The van der Waals surface area contributed by atoms with Crippen molar-refractivity contribution in [3.8, 4) is 0 Å². The minimum Gasteiger partial charge on any atom is -0.481 e. The Labute approximate surface area is 114 Å². The van der Waals surface area contributed by atoms with Crippen LogP contribution >= 0.6 is 0 Å². The average molecular weight is 262 g/mol. The summed E-state index contributed by atoms with van der Waals surface area (Å²) in [5, 5.41) is 12.2. The van der Waals surface area contributed by atoms with Gasteiger partial charge in [-0.25, -0.2) is 0 Å². The van der Waals surface area contributed by atoms with Gasteiger partial charge in [0.05, 0.1) is 5.92 Å². The van der Waals surface area contributed by atoms with E-state index < -0.39 is 11.9 Å². The highest BCUT2D eigenvalue weighted by molar-refractivity contribution is 5.71. The van der Waals surface area contributed by atoms with Crippen LogP contribution in [0.1, 0.15) is 26.7 Å². The van der Waals surface area contributed by atoms with E-state index in [1.165, 1.54) is 18.5 Å². The minimum absolute atomic E-state index is 0.0878. The largest absolute Gasteiger partial charge is 0.481 e. The first-order valence-corrected chi connectivity index (χ1v) is 6.92. The Hall–Kier alpha value is -1.71. The second-order valence-corrected chi connectivity index (χ2v) is 5.30. The number of aliphatic carboxylic acids is 1. The van der Waals surface area contributed by atoms with Crippen molar-refractivity contribution in [2.75, 3.05) is 23.3 Å². The molecule has 1 fully saturated rings. The lowest BCUT2D eigenvalue weighted by Gasteiger charge is -2.21. The first kappa shape index (κ1) is 13.7. The van der Waals surface area contributed by atoms with Gasteiger partial charge in [-0.3, -0.25) is 4.79 Å². The molecule has 0 spiro atoms. The molecule has 1 aromatic carbocycles. The number of nitrogens with zero attached hydrogens (tertiary/aromatic N) is 1. The number of carbonyl (C=O) groups is 1. The van der Waals surface area contributed by atoms with Gasteiger partial charge in [0, 0.05) is 30.5 Å². The second kappa shape index (κ2) is 5.95. The molecule has 1 aliphatic rings. The van der Waals surface area contributed by atoms with Crippen LogP contribution in [0, 0.1) is 5.92 Å². The van der Waals surface area contributed by atoms with Crippen LogP contribution in [-0.2, 0) is 4.79 Å². The van der Waals surface area contributed by atoms with E-state index >= 15 is 0 Å². The SMILES string of the molecule is CC(Nc1ccc(N2CCCC2)cc1)C(C)C(=O)O. The van der Waals surface area contributed by atoms with Crippen molar-refractivity contribution in [2.45, 2.75) is 32.7 Å². The van der Waals surface area contributed by atoms with Gasteiger partial charge >= 0.3 is 5.97 Å². The Kier molecular flexibility index (Phi) is 4.30. The van der Waals surface area contributed by atoms with Gasteiger partial charge in [0.2, 0.25) is 0 Å². The third kappa shape index (κ3) is 3.40. The minimum atomic E-state index is -0.770. The van der Waals surface area contributed by atoms with Crippen molar-refractivity contribution in [2.24, 2.45) is 5.92 Å². The quantitative estimate of drug-likeness (QED) is 0.856. The van der Waals surface area contributed by atoms with E-state index in [9.17, 15) is 4.79 Å². The molecule has 1 saturated heterocycles. The summed E-state index contributed by atoms with van der Waals surface area (Å²) in [6.45, 7) is 5.89. The molecule has 0 amide bonds. The van der Waals surface area contributed by atoms with Crippen LogP contribution in [0.3, 0.4) is 0 Å². The van der Waals surface area contributed by atoms with E-state index in [4.69, 9.17) is 5.11 Å². The van der Waals surface area contributed by atoms with Gasteiger partial charge in [-0.1, -0.05) is 0 Å². The molecule has 1 heterocycles. The Morgan fingerprint density at radius 3 is 2.32 bits per heavy atom. The molecule has 0 saturated carbocycles. The van der Waals surface area contributed by atoms with Crippen LogP contribution in [0.2, 0.25) is 0 Å². The van der Waals surface area contributed by atoms with Crippen LogP contribution in [0.15, 0.2) is 24.3 Å². The fourth-order valence-electron chi connectivity index (χ4n) is 2.35. The van der Waals surface area contributed by atoms with E-state index in [2.05, 4.69) is 22.3 Å². The maximum Gasteiger partial charge on any atom is 0.308 e. The zero-order valence-corrected chi connectivity index (χ0v) is 11.6. The number of benzene rings is 1. The fraction of sp³-hybridized carbons (Fsp3) is 0.533. The maximum atomic E-state index is 10.9. The van der Waals surface area contributed by atoms with Crippen LogP contribution in [-0.4, -0.2) is 30.2 Å². The van der Waals surface area contributed by atoms with Gasteiger partial charge in [0.15, 0.2) is 0 Å². The van der Waals surface area contributed by atoms with Crippen LogP contribution in [0.5, 0.6) is 0 Å². The van der Waals surface area contributed by atoms with Crippen LogP contribution < -0.4 is 10.2 Å². The molecular formula is C15H22N2O2. The summed E-state index contributed by atoms with van der Waals surface area (Å²) in [5.41, 5.74) is 2.23. The van der Waals surface area contributed by atoms with Crippen molar-refractivity contribution in [1.29, 1.82) is 0 Å². The van der Waals surface area contributed by atoms with Gasteiger partial charge in [-0.15, -0.1) is 0 Å². The third-order valence-electron chi connectivity index (χ3n) is 3.87. The van der Waals surface area contributed by atoms with Crippen molar-refractivity contribution in [3.05, 3.63) is 24.3 Å². The molecule has 19 heavy (non-hydrogen) atoms. The molecule has 2 atom stereocenters. The molecule has 0 aliphatic carbocycles. The standard InChI is InChI=1S/C15H22N2O2/c1-11(15(18)19)12(2)16-13-5-7-14(8-6-13)17-9-3-4-10-17/h5-8,11-12,16H,3-4,9-10H2,1-2H3,(H,18,19). The number of hydrogen-bond acceptors (Lipinski definition) is 3. The van der Waals surface area contributed by atoms with Crippen LogP contribution in [0.25, 0.3) is 0 Å². The van der Waals surface area contributed by atoms with E-state index in [1.54, 1.807) is 6.92 Å². The monoisotopic (exact) mass is 262 g/mol. The van der Waals surface area contributed by atoms with Gasteiger partial charge in [0.25, 0.3) is 0 Å². The predicted molar refractivity (Wildman–Crippen MR) is 77.8 cm³/mol. The second-order valence-electron chi connectivity index (χ2n) is 5.30. The average Bonchev–Trinajstić information content (AvgIpc) is 2.92. The summed E-state index contributed by atoms with van der Waals surface area (Å²) in [6, 6.07) is 8.17. The van der Waals surface area contributed by atoms with E-state index in [0.717, 1.165) is 18.8 Å². The number of rotatable bonds is 5. The number of carboxylic acids is 1. The van der Waals surface area contributed by atoms with Crippen molar-refractivity contribution in [1.82, 2.24) is 0 Å². The van der Waals surface area contributed by atoms with Crippen molar-refractivity contribution in [3.63, 3.8) is 0 Å². The highest BCUT2D eigenvalue weighted by Gasteiger charge is 2.19. The lowest BCUT2D eigenvalue weighted by Crippen LogP contribution is -2.29. The molecule has 2 N–H and O–H groups in total. The Bertz CT molecular complexity index is 424. The van der Waals surface area contributed by atoms with Crippen molar-refractivity contribution < 1.29 is 9.90 Å².